The van der Waals surface area contributed by atoms with E-state index >= 15 is 0 Å². The molecule has 0 unspecified atom stereocenters. The van der Waals surface area contributed by atoms with E-state index in [0.717, 1.165) is 32.1 Å². The number of sulfonamides is 1. The summed E-state index contributed by atoms with van der Waals surface area (Å²) in [6.45, 7) is 5.29. The average molecular weight is 445 g/mol. The van der Waals surface area contributed by atoms with E-state index in [4.69, 9.17) is 4.74 Å². The minimum absolute atomic E-state index is 0.114. The lowest BCUT2D eigenvalue weighted by Gasteiger charge is -2.29. The molecule has 0 saturated carbocycles. The lowest BCUT2D eigenvalue weighted by molar-refractivity contribution is 0.102. The van der Waals surface area contributed by atoms with Crippen LogP contribution in [0.1, 0.15) is 55.5 Å². The van der Waals surface area contributed by atoms with Crippen LogP contribution >= 0.6 is 0 Å². The normalized spacial score (nSPS) is 15.6. The third kappa shape index (κ3) is 5.66. The van der Waals surface area contributed by atoms with Crippen LogP contribution in [0.25, 0.3) is 0 Å². The van der Waals surface area contributed by atoms with E-state index in [2.05, 4.69) is 19.2 Å². The lowest BCUT2D eigenvalue weighted by atomic mass is 10.0. The zero-order valence-corrected chi connectivity index (χ0v) is 19.4. The van der Waals surface area contributed by atoms with Gasteiger partial charge < -0.3 is 10.1 Å². The van der Waals surface area contributed by atoms with E-state index in [0.29, 0.717) is 30.4 Å². The summed E-state index contributed by atoms with van der Waals surface area (Å²) in [6, 6.07) is 12.2. The predicted molar refractivity (Wildman–Crippen MR) is 123 cm³/mol. The number of ether oxygens (including phenoxy) is 1. The van der Waals surface area contributed by atoms with Gasteiger partial charge in [0.2, 0.25) is 10.0 Å². The van der Waals surface area contributed by atoms with Crippen molar-refractivity contribution in [1.82, 2.24) is 4.31 Å². The topological polar surface area (TPSA) is 75.7 Å². The molecular formula is C24H32N2O4S. The Balaban J connectivity index is 1.80. The summed E-state index contributed by atoms with van der Waals surface area (Å²) >= 11 is 0. The molecule has 2 aromatic carbocycles. The summed E-state index contributed by atoms with van der Waals surface area (Å²) in [4.78, 5) is 13.1. The summed E-state index contributed by atoms with van der Waals surface area (Å²) in [5, 5.41) is 2.85. The summed E-state index contributed by atoms with van der Waals surface area (Å²) in [5.41, 5.74) is 2.08. The molecule has 168 valence electrons. The standard InChI is InChI=1S/C24H32N2O4S/c1-4-5-6-19-7-9-20(10-8-19)25-24(27)22-17-21(11-12-23(22)30-3)31(28,29)26-15-13-18(2)14-16-26/h7-12,17-18H,4-6,13-16H2,1-3H3,(H,25,27). The van der Waals surface area contributed by atoms with Crippen molar-refractivity contribution < 1.29 is 17.9 Å². The van der Waals surface area contributed by atoms with E-state index in [-0.39, 0.29) is 10.5 Å². The van der Waals surface area contributed by atoms with Gasteiger partial charge in [0.05, 0.1) is 17.6 Å². The van der Waals surface area contributed by atoms with E-state index in [1.54, 1.807) is 6.07 Å². The highest BCUT2D eigenvalue weighted by atomic mass is 32.2. The van der Waals surface area contributed by atoms with E-state index in [1.807, 2.05) is 24.3 Å². The monoisotopic (exact) mass is 444 g/mol. The highest BCUT2D eigenvalue weighted by Crippen LogP contribution is 2.28. The van der Waals surface area contributed by atoms with Gasteiger partial charge >= 0.3 is 0 Å². The molecule has 1 N–H and O–H groups in total. The van der Waals surface area contributed by atoms with Gasteiger partial charge in [-0.3, -0.25) is 4.79 Å². The summed E-state index contributed by atoms with van der Waals surface area (Å²) < 4.78 is 33.0. The molecule has 0 aliphatic carbocycles. The highest BCUT2D eigenvalue weighted by Gasteiger charge is 2.29. The number of carbonyl (C=O) groups excluding carboxylic acids is 1. The molecule has 1 heterocycles. The Labute approximate surface area is 185 Å². The highest BCUT2D eigenvalue weighted by molar-refractivity contribution is 7.89. The quantitative estimate of drug-likeness (QED) is 0.640. The van der Waals surface area contributed by atoms with Gasteiger partial charge in [-0.15, -0.1) is 0 Å². The van der Waals surface area contributed by atoms with Crippen LogP contribution in [0.15, 0.2) is 47.4 Å². The predicted octanol–water partition coefficient (Wildman–Crippen LogP) is 4.71. The Morgan fingerprint density at radius 1 is 1.13 bits per heavy atom. The second-order valence-electron chi connectivity index (χ2n) is 8.20. The molecule has 1 saturated heterocycles. The van der Waals surface area contributed by atoms with Crippen molar-refractivity contribution in [1.29, 1.82) is 0 Å². The van der Waals surface area contributed by atoms with E-state index in [9.17, 15) is 13.2 Å². The average Bonchev–Trinajstić information content (AvgIpc) is 2.78. The van der Waals surface area contributed by atoms with Crippen molar-refractivity contribution >= 4 is 21.6 Å². The van der Waals surface area contributed by atoms with Crippen LogP contribution in [0.5, 0.6) is 5.75 Å². The van der Waals surface area contributed by atoms with Crippen LogP contribution in [0.3, 0.4) is 0 Å². The van der Waals surface area contributed by atoms with Crippen LogP contribution in [-0.2, 0) is 16.4 Å². The van der Waals surface area contributed by atoms with E-state index < -0.39 is 15.9 Å². The van der Waals surface area contributed by atoms with Crippen LogP contribution < -0.4 is 10.1 Å². The smallest absolute Gasteiger partial charge is 0.259 e. The fourth-order valence-corrected chi connectivity index (χ4v) is 5.23. The molecule has 1 aliphatic rings. The maximum Gasteiger partial charge on any atom is 0.259 e. The first-order valence-electron chi connectivity index (χ1n) is 10.9. The van der Waals surface area contributed by atoms with Gasteiger partial charge in [0.15, 0.2) is 0 Å². The molecule has 6 nitrogen and oxygen atoms in total. The van der Waals surface area contributed by atoms with Crippen molar-refractivity contribution in [2.45, 2.75) is 50.8 Å². The number of carbonyl (C=O) groups is 1. The Morgan fingerprint density at radius 3 is 2.42 bits per heavy atom. The molecule has 1 amide bonds. The molecule has 0 atom stereocenters. The summed E-state index contributed by atoms with van der Waals surface area (Å²) in [5.74, 6) is 0.461. The lowest BCUT2D eigenvalue weighted by Crippen LogP contribution is -2.37. The van der Waals surface area contributed by atoms with Gasteiger partial charge in [-0.2, -0.15) is 4.31 Å². The van der Waals surface area contributed by atoms with Gasteiger partial charge in [-0.25, -0.2) is 8.42 Å². The Morgan fingerprint density at radius 2 is 1.81 bits per heavy atom. The van der Waals surface area contributed by atoms with Gasteiger partial charge in [0, 0.05) is 18.8 Å². The number of amides is 1. The maximum atomic E-state index is 13.1. The molecule has 7 heteroatoms. The minimum Gasteiger partial charge on any atom is -0.496 e. The molecule has 31 heavy (non-hydrogen) atoms. The number of methoxy groups -OCH3 is 1. The van der Waals surface area contributed by atoms with Crippen molar-refractivity contribution in [3.05, 3.63) is 53.6 Å². The number of unbranched alkanes of at least 4 members (excludes halogenated alkanes) is 1. The first-order valence-corrected chi connectivity index (χ1v) is 12.4. The number of hydrogen-bond donors (Lipinski definition) is 1. The molecule has 0 radical (unpaired) electrons. The van der Waals surface area contributed by atoms with Crippen LogP contribution in [0.4, 0.5) is 5.69 Å². The SMILES string of the molecule is CCCCc1ccc(NC(=O)c2cc(S(=O)(=O)N3CCC(C)CC3)ccc2OC)cc1. The number of anilines is 1. The number of rotatable bonds is 8. The summed E-state index contributed by atoms with van der Waals surface area (Å²) in [7, 11) is -2.19. The first kappa shape index (κ1) is 23.3. The number of hydrogen-bond acceptors (Lipinski definition) is 4. The maximum absolute atomic E-state index is 13.1. The molecule has 0 spiro atoms. The largest absolute Gasteiger partial charge is 0.496 e. The summed E-state index contributed by atoms with van der Waals surface area (Å²) in [6.07, 6.45) is 4.95. The van der Waals surface area contributed by atoms with Gasteiger partial charge in [-0.1, -0.05) is 32.4 Å². The van der Waals surface area contributed by atoms with Gasteiger partial charge in [0.1, 0.15) is 5.75 Å². The molecule has 1 aliphatic heterocycles. The van der Waals surface area contributed by atoms with Crippen LogP contribution in [0, 0.1) is 5.92 Å². The number of benzene rings is 2. The molecule has 0 aromatic heterocycles. The van der Waals surface area contributed by atoms with E-state index in [1.165, 1.54) is 29.1 Å². The van der Waals surface area contributed by atoms with Crippen molar-refractivity contribution in [3.8, 4) is 5.75 Å². The minimum atomic E-state index is -3.66. The second-order valence-corrected chi connectivity index (χ2v) is 10.1. The Kier molecular flexibility index (Phi) is 7.73. The van der Waals surface area contributed by atoms with Crippen LogP contribution in [-0.4, -0.2) is 38.8 Å². The second kappa shape index (κ2) is 10.3. The zero-order chi connectivity index (χ0) is 22.4. The molecule has 0 bridgehead atoms. The van der Waals surface area contributed by atoms with Crippen molar-refractivity contribution in [2.75, 3.05) is 25.5 Å². The molecule has 3 rings (SSSR count). The third-order valence-corrected chi connectivity index (χ3v) is 7.72. The number of piperidine rings is 1. The number of aryl methyl sites for hydroxylation is 1. The first-order chi connectivity index (χ1) is 14.8. The fraction of sp³-hybridized carbons (Fsp3) is 0.458. The zero-order valence-electron chi connectivity index (χ0n) is 18.6. The number of nitrogens with zero attached hydrogens (tertiary/aromatic N) is 1. The molecule has 1 fully saturated rings. The Hall–Kier alpha value is -2.38. The number of nitrogens with one attached hydrogen (secondary N) is 1. The fourth-order valence-electron chi connectivity index (χ4n) is 3.73. The van der Waals surface area contributed by atoms with Crippen molar-refractivity contribution in [3.63, 3.8) is 0 Å². The van der Waals surface area contributed by atoms with Crippen molar-refractivity contribution in [2.24, 2.45) is 5.92 Å². The van der Waals surface area contributed by atoms with Gasteiger partial charge in [-0.05, 0) is 67.5 Å². The van der Waals surface area contributed by atoms with Gasteiger partial charge in [0.25, 0.3) is 5.91 Å². The Bertz CT molecular complexity index is 995. The third-order valence-electron chi connectivity index (χ3n) is 5.83. The molecular weight excluding hydrogens is 412 g/mol. The van der Waals surface area contributed by atoms with Crippen LogP contribution in [0.2, 0.25) is 0 Å². The molecule has 2 aromatic rings.